The third-order valence-electron chi connectivity index (χ3n) is 6.70. The number of benzene rings is 1. The smallest absolute Gasteiger partial charge is 0.326 e. The summed E-state index contributed by atoms with van der Waals surface area (Å²) in [5.74, 6) is -2.45. The van der Waals surface area contributed by atoms with E-state index in [1.807, 2.05) is 52.0 Å². The average Bonchev–Trinajstić information content (AvgIpc) is 3.29. The zero-order chi connectivity index (χ0) is 29.8. The molecule has 3 amide bonds. The number of aromatic amines is 1. The molecule has 0 aliphatic rings. The number of carboxylic acids is 1. The Kier molecular flexibility index (Phi) is 13.1. The van der Waals surface area contributed by atoms with E-state index in [4.69, 9.17) is 11.5 Å². The van der Waals surface area contributed by atoms with E-state index in [1.165, 1.54) is 0 Å². The van der Waals surface area contributed by atoms with Crippen molar-refractivity contribution in [2.75, 3.05) is 6.54 Å². The Morgan fingerprint density at radius 2 is 1.45 bits per heavy atom. The van der Waals surface area contributed by atoms with Gasteiger partial charge in [0.25, 0.3) is 0 Å². The summed E-state index contributed by atoms with van der Waals surface area (Å²) in [6, 6.07) is 3.65. The number of hydrogen-bond acceptors (Lipinski definition) is 6. The predicted octanol–water partition coefficient (Wildman–Crippen LogP) is 1.80. The Bertz CT molecular complexity index is 1130. The van der Waals surface area contributed by atoms with Crippen molar-refractivity contribution in [1.82, 2.24) is 20.9 Å². The van der Waals surface area contributed by atoms with Crippen molar-refractivity contribution in [3.8, 4) is 0 Å². The second-order valence-electron chi connectivity index (χ2n) is 11.2. The number of hydrogen-bond donors (Lipinski definition) is 7. The zero-order valence-electron chi connectivity index (χ0n) is 24.0. The fourth-order valence-corrected chi connectivity index (χ4v) is 4.62. The molecular weight excluding hydrogens is 512 g/mol. The van der Waals surface area contributed by atoms with E-state index in [0.29, 0.717) is 32.2 Å². The van der Waals surface area contributed by atoms with Gasteiger partial charge in [0.05, 0.1) is 6.04 Å². The lowest BCUT2D eigenvalue weighted by atomic mass is 9.99. The van der Waals surface area contributed by atoms with Crippen LogP contribution < -0.4 is 27.4 Å². The number of para-hydroxylation sites is 1. The summed E-state index contributed by atoms with van der Waals surface area (Å²) in [6.07, 6.45) is 4.07. The van der Waals surface area contributed by atoms with Crippen molar-refractivity contribution < 1.29 is 24.3 Å². The molecule has 0 saturated carbocycles. The molecule has 4 atom stereocenters. The zero-order valence-corrected chi connectivity index (χ0v) is 24.0. The van der Waals surface area contributed by atoms with E-state index in [9.17, 15) is 24.3 Å². The van der Waals surface area contributed by atoms with E-state index < -0.39 is 47.9 Å². The van der Waals surface area contributed by atoms with Crippen molar-refractivity contribution in [2.24, 2.45) is 23.3 Å². The molecular formula is C29H46N6O5. The van der Waals surface area contributed by atoms with Gasteiger partial charge in [-0.2, -0.15) is 0 Å². The molecule has 0 saturated heterocycles. The highest BCUT2D eigenvalue weighted by Gasteiger charge is 2.31. The van der Waals surface area contributed by atoms with Crippen molar-refractivity contribution in [2.45, 2.75) is 90.4 Å². The van der Waals surface area contributed by atoms with Crippen LogP contribution in [0.25, 0.3) is 10.9 Å². The third kappa shape index (κ3) is 10.3. The predicted molar refractivity (Wildman–Crippen MR) is 155 cm³/mol. The number of carboxylic acid groups (broad SMARTS) is 1. The summed E-state index contributed by atoms with van der Waals surface area (Å²) in [6.45, 7) is 8.18. The Hall–Kier alpha value is -3.44. The van der Waals surface area contributed by atoms with Gasteiger partial charge in [-0.3, -0.25) is 14.4 Å². The van der Waals surface area contributed by atoms with Gasteiger partial charge in [-0.25, -0.2) is 4.79 Å². The molecule has 4 unspecified atom stereocenters. The highest BCUT2D eigenvalue weighted by atomic mass is 16.4. The van der Waals surface area contributed by atoms with E-state index in [2.05, 4.69) is 20.9 Å². The molecule has 0 bridgehead atoms. The fourth-order valence-electron chi connectivity index (χ4n) is 4.62. The summed E-state index contributed by atoms with van der Waals surface area (Å²) in [5.41, 5.74) is 13.3. The van der Waals surface area contributed by atoms with Crippen LogP contribution in [-0.2, 0) is 25.6 Å². The molecule has 2 rings (SSSR count). The second kappa shape index (κ2) is 16.0. The molecule has 0 radical (unpaired) electrons. The molecule has 1 aromatic heterocycles. The number of carbonyl (C=O) groups is 4. The van der Waals surface area contributed by atoms with Crippen molar-refractivity contribution in [3.63, 3.8) is 0 Å². The van der Waals surface area contributed by atoms with Crippen molar-refractivity contribution in [1.29, 1.82) is 0 Å². The number of rotatable bonds is 17. The Morgan fingerprint density at radius 3 is 2.08 bits per heavy atom. The lowest BCUT2D eigenvalue weighted by molar-refractivity contribution is -0.142. The number of carbonyl (C=O) groups excluding carboxylic acids is 3. The van der Waals surface area contributed by atoms with Crippen LogP contribution in [-0.4, -0.2) is 64.5 Å². The lowest BCUT2D eigenvalue weighted by Gasteiger charge is -2.26. The minimum atomic E-state index is -1.21. The van der Waals surface area contributed by atoms with Gasteiger partial charge in [-0.15, -0.1) is 0 Å². The van der Waals surface area contributed by atoms with Gasteiger partial charge in [-0.05, 0) is 62.1 Å². The number of nitrogens with one attached hydrogen (secondary N) is 4. The van der Waals surface area contributed by atoms with Gasteiger partial charge >= 0.3 is 5.97 Å². The van der Waals surface area contributed by atoms with Gasteiger partial charge in [0, 0.05) is 23.5 Å². The van der Waals surface area contributed by atoms with Crippen LogP contribution in [0.3, 0.4) is 0 Å². The number of H-pyrrole nitrogens is 1. The number of aromatic nitrogens is 1. The van der Waals surface area contributed by atoms with E-state index in [-0.39, 0.29) is 24.7 Å². The number of unbranched alkanes of at least 4 members (excludes halogenated alkanes) is 1. The monoisotopic (exact) mass is 558 g/mol. The molecule has 11 nitrogen and oxygen atoms in total. The van der Waals surface area contributed by atoms with Crippen LogP contribution >= 0.6 is 0 Å². The molecule has 0 spiro atoms. The quantitative estimate of drug-likeness (QED) is 0.144. The van der Waals surface area contributed by atoms with Gasteiger partial charge in [-0.1, -0.05) is 45.9 Å². The standard InChI is InChI=1S/C29H46N6O5/c1-17(2)13-21(31)26(36)34-24(14-18(3)4)28(38)33-23(11-7-8-12-30)27(37)35-25(29(39)40)15-19-16-32-22-10-6-5-9-20(19)22/h5-6,9-10,16-18,21,23-25,32H,7-8,11-15,30-31H2,1-4H3,(H,33,38)(H,34,36)(H,35,37)(H,39,40). The Morgan fingerprint density at radius 1 is 0.850 bits per heavy atom. The fraction of sp³-hybridized carbons (Fsp3) is 0.586. The first-order valence-electron chi connectivity index (χ1n) is 14.1. The van der Waals surface area contributed by atoms with E-state index >= 15 is 0 Å². The number of fused-ring (bicyclic) bond motifs is 1. The Balaban J connectivity index is 2.18. The summed E-state index contributed by atoms with van der Waals surface area (Å²) < 4.78 is 0. The minimum Gasteiger partial charge on any atom is -0.480 e. The van der Waals surface area contributed by atoms with Crippen LogP contribution in [0.5, 0.6) is 0 Å². The summed E-state index contributed by atoms with van der Waals surface area (Å²) in [4.78, 5) is 54.6. The molecule has 1 heterocycles. The van der Waals surface area contributed by atoms with E-state index in [0.717, 1.165) is 16.5 Å². The molecule has 1 aromatic carbocycles. The van der Waals surface area contributed by atoms with Crippen molar-refractivity contribution >= 4 is 34.6 Å². The normalized spacial score (nSPS) is 14.5. The first-order valence-corrected chi connectivity index (χ1v) is 14.1. The second-order valence-corrected chi connectivity index (χ2v) is 11.2. The van der Waals surface area contributed by atoms with Crippen molar-refractivity contribution in [3.05, 3.63) is 36.0 Å². The average molecular weight is 559 g/mol. The first-order chi connectivity index (χ1) is 18.9. The van der Waals surface area contributed by atoms with Crippen LogP contribution in [0, 0.1) is 11.8 Å². The molecule has 11 heteroatoms. The first kappa shape index (κ1) is 32.8. The van der Waals surface area contributed by atoms with Gasteiger partial charge in [0.2, 0.25) is 17.7 Å². The largest absolute Gasteiger partial charge is 0.480 e. The maximum atomic E-state index is 13.3. The number of amides is 3. The van der Waals surface area contributed by atoms with Gasteiger partial charge < -0.3 is 37.5 Å². The summed E-state index contributed by atoms with van der Waals surface area (Å²) >= 11 is 0. The molecule has 2 aromatic rings. The molecule has 0 fully saturated rings. The lowest BCUT2D eigenvalue weighted by Crippen LogP contribution is -2.57. The molecule has 222 valence electrons. The molecule has 9 N–H and O–H groups in total. The topological polar surface area (TPSA) is 192 Å². The molecule has 0 aliphatic carbocycles. The van der Waals surface area contributed by atoms with Gasteiger partial charge in [0.15, 0.2) is 0 Å². The van der Waals surface area contributed by atoms with E-state index in [1.54, 1.807) is 6.20 Å². The third-order valence-corrected chi connectivity index (χ3v) is 6.70. The van der Waals surface area contributed by atoms with Gasteiger partial charge in [0.1, 0.15) is 18.1 Å². The molecule has 0 aliphatic heterocycles. The number of aliphatic carboxylic acids is 1. The highest BCUT2D eigenvalue weighted by Crippen LogP contribution is 2.19. The van der Waals surface area contributed by atoms with Crippen LogP contribution in [0.15, 0.2) is 30.5 Å². The summed E-state index contributed by atoms with van der Waals surface area (Å²) in [7, 11) is 0. The molecule has 40 heavy (non-hydrogen) atoms. The SMILES string of the molecule is CC(C)CC(N)C(=O)NC(CC(C)C)C(=O)NC(CCCCN)C(=O)NC(Cc1c[nH]c2ccccc12)C(=O)O. The van der Waals surface area contributed by atoms with Crippen LogP contribution in [0.1, 0.15) is 65.4 Å². The van der Waals surface area contributed by atoms with Crippen LogP contribution in [0.2, 0.25) is 0 Å². The maximum Gasteiger partial charge on any atom is 0.326 e. The maximum absolute atomic E-state index is 13.3. The summed E-state index contributed by atoms with van der Waals surface area (Å²) in [5, 5.41) is 18.9. The number of nitrogens with two attached hydrogens (primary N) is 2. The minimum absolute atomic E-state index is 0.0638. The Labute approximate surface area is 236 Å². The highest BCUT2D eigenvalue weighted by molar-refractivity contribution is 5.94. The van der Waals surface area contributed by atoms with Crippen LogP contribution in [0.4, 0.5) is 0 Å².